The molecule has 0 radical (unpaired) electrons. The fourth-order valence-electron chi connectivity index (χ4n) is 2.04. The normalized spacial score (nSPS) is 14.6. The summed E-state index contributed by atoms with van der Waals surface area (Å²) in [4.78, 5) is 11.9. The van der Waals surface area contributed by atoms with Crippen LogP contribution in [-0.4, -0.2) is 24.6 Å². The van der Waals surface area contributed by atoms with Crippen LogP contribution in [0.1, 0.15) is 52.9 Å². The average Bonchev–Trinajstić information content (AvgIpc) is 2.13. The van der Waals surface area contributed by atoms with Crippen LogP contribution in [0.2, 0.25) is 25.7 Å². The van der Waals surface area contributed by atoms with Gasteiger partial charge in [-0.25, -0.2) is 0 Å². The van der Waals surface area contributed by atoms with Crippen LogP contribution in [0.5, 0.6) is 0 Å². The van der Waals surface area contributed by atoms with Gasteiger partial charge in [-0.15, -0.1) is 0 Å². The summed E-state index contributed by atoms with van der Waals surface area (Å²) >= 11 is 0. The highest BCUT2D eigenvalue weighted by molar-refractivity contribution is 6.76. The Morgan fingerprint density at radius 2 is 1.78 bits per heavy atom. The van der Waals surface area contributed by atoms with Crippen molar-refractivity contribution in [1.29, 1.82) is 0 Å². The maximum atomic E-state index is 11.9. The Morgan fingerprint density at radius 3 is 2.22 bits per heavy atom. The van der Waals surface area contributed by atoms with Gasteiger partial charge in [0.15, 0.2) is 0 Å². The zero-order chi connectivity index (χ0) is 14.4. The van der Waals surface area contributed by atoms with Gasteiger partial charge in [-0.2, -0.15) is 0 Å². The summed E-state index contributed by atoms with van der Waals surface area (Å²) in [7, 11) is -0.994. The number of aliphatic hydroxyl groups is 1. The summed E-state index contributed by atoms with van der Waals surface area (Å²) in [5.74, 6) is 0.568. The monoisotopic (exact) mass is 272 g/mol. The van der Waals surface area contributed by atoms with E-state index in [0.717, 1.165) is 32.1 Å². The van der Waals surface area contributed by atoms with Gasteiger partial charge in [-0.05, 0) is 39.5 Å². The van der Waals surface area contributed by atoms with Gasteiger partial charge in [0.1, 0.15) is 5.78 Å². The molecule has 1 atom stereocenters. The minimum atomic E-state index is -0.994. The second kappa shape index (κ2) is 7.44. The second-order valence-electron chi connectivity index (χ2n) is 7.49. The second-order valence-corrected chi connectivity index (χ2v) is 13.1. The van der Waals surface area contributed by atoms with Crippen LogP contribution in [-0.2, 0) is 4.79 Å². The maximum Gasteiger partial charge on any atom is 0.135 e. The van der Waals surface area contributed by atoms with Crippen molar-refractivity contribution in [2.75, 3.05) is 0 Å². The van der Waals surface area contributed by atoms with E-state index in [1.807, 2.05) is 20.8 Å². The van der Waals surface area contributed by atoms with Crippen molar-refractivity contribution in [3.63, 3.8) is 0 Å². The Labute approximate surface area is 114 Å². The number of carbonyl (C=O) groups is 1. The fraction of sp³-hybridized carbons (Fsp3) is 0.933. The first-order chi connectivity index (χ1) is 8.01. The summed E-state index contributed by atoms with van der Waals surface area (Å²) < 4.78 is 0. The third-order valence-corrected chi connectivity index (χ3v) is 5.18. The van der Waals surface area contributed by atoms with E-state index in [4.69, 9.17) is 0 Å². The summed E-state index contributed by atoms with van der Waals surface area (Å²) in [5, 5.41) is 9.62. The molecule has 0 spiro atoms. The van der Waals surface area contributed by atoms with Gasteiger partial charge in [-0.3, -0.25) is 4.79 Å². The molecule has 0 aliphatic carbocycles. The summed E-state index contributed by atoms with van der Waals surface area (Å²) in [6.07, 6.45) is 4.43. The van der Waals surface area contributed by atoms with Gasteiger partial charge in [0.2, 0.25) is 0 Å². The smallest absolute Gasteiger partial charge is 0.135 e. The minimum absolute atomic E-state index is 0.161. The Hall–Kier alpha value is -0.153. The van der Waals surface area contributed by atoms with Crippen molar-refractivity contribution >= 4 is 13.9 Å². The lowest BCUT2D eigenvalue weighted by Crippen LogP contribution is -2.21. The predicted molar refractivity (Wildman–Crippen MR) is 81.7 cm³/mol. The molecule has 1 unspecified atom stereocenters. The molecule has 0 rings (SSSR count). The highest BCUT2D eigenvalue weighted by Crippen LogP contribution is 2.19. The average molecular weight is 273 g/mol. The van der Waals surface area contributed by atoms with Gasteiger partial charge >= 0.3 is 0 Å². The third kappa shape index (κ3) is 11.0. The van der Waals surface area contributed by atoms with Crippen LogP contribution in [0.15, 0.2) is 0 Å². The third-order valence-electron chi connectivity index (χ3n) is 3.33. The zero-order valence-electron chi connectivity index (χ0n) is 13.2. The molecular formula is C15H32O2Si. The standard InChI is InChI=1S/C15H32O2Si/c1-13(9-7-11-15(2,3)17)14(16)10-8-12-18(4,5)6/h13,17H,7-12H2,1-6H3. The molecule has 18 heavy (non-hydrogen) atoms. The maximum absolute atomic E-state index is 11.9. The summed E-state index contributed by atoms with van der Waals surface area (Å²) in [5.41, 5.74) is -0.597. The molecule has 1 N–H and O–H groups in total. The molecule has 2 nitrogen and oxygen atoms in total. The van der Waals surface area contributed by atoms with Crippen LogP contribution in [0.3, 0.4) is 0 Å². The van der Waals surface area contributed by atoms with Crippen molar-refractivity contribution < 1.29 is 9.90 Å². The number of hydrogen-bond donors (Lipinski definition) is 1. The van der Waals surface area contributed by atoms with Gasteiger partial charge in [-0.1, -0.05) is 32.6 Å². The van der Waals surface area contributed by atoms with Crippen molar-refractivity contribution in [1.82, 2.24) is 0 Å². The number of rotatable bonds is 9. The molecule has 0 amide bonds. The van der Waals surface area contributed by atoms with E-state index >= 15 is 0 Å². The molecule has 0 aromatic carbocycles. The Kier molecular flexibility index (Phi) is 7.38. The Bertz CT molecular complexity index is 248. The molecular weight excluding hydrogens is 240 g/mol. The molecule has 108 valence electrons. The predicted octanol–water partition coefficient (Wildman–Crippen LogP) is 4.25. The van der Waals surface area contributed by atoms with E-state index in [2.05, 4.69) is 19.6 Å². The van der Waals surface area contributed by atoms with Crippen molar-refractivity contribution in [2.24, 2.45) is 5.92 Å². The summed E-state index contributed by atoms with van der Waals surface area (Å²) in [6, 6.07) is 1.25. The first-order valence-corrected chi connectivity index (χ1v) is 11.0. The molecule has 0 aliphatic rings. The quantitative estimate of drug-likeness (QED) is 0.637. The Morgan fingerprint density at radius 1 is 1.22 bits per heavy atom. The topological polar surface area (TPSA) is 37.3 Å². The van der Waals surface area contributed by atoms with Gasteiger partial charge in [0.05, 0.1) is 5.60 Å². The van der Waals surface area contributed by atoms with E-state index in [9.17, 15) is 9.90 Å². The number of hydrogen-bond acceptors (Lipinski definition) is 2. The lowest BCUT2D eigenvalue weighted by molar-refractivity contribution is -0.122. The van der Waals surface area contributed by atoms with Crippen LogP contribution in [0.25, 0.3) is 0 Å². The lowest BCUT2D eigenvalue weighted by Gasteiger charge is -2.18. The molecule has 0 saturated carbocycles. The van der Waals surface area contributed by atoms with E-state index < -0.39 is 13.7 Å². The highest BCUT2D eigenvalue weighted by Gasteiger charge is 2.18. The molecule has 3 heteroatoms. The first-order valence-electron chi connectivity index (χ1n) is 7.26. The number of Topliss-reactive ketones (excluding diaryl/α,β-unsaturated/α-hetero) is 1. The number of carbonyl (C=O) groups excluding carboxylic acids is 1. The fourth-order valence-corrected chi connectivity index (χ4v) is 3.28. The van der Waals surface area contributed by atoms with E-state index in [1.165, 1.54) is 6.04 Å². The minimum Gasteiger partial charge on any atom is -0.390 e. The molecule has 0 saturated heterocycles. The van der Waals surface area contributed by atoms with Crippen molar-refractivity contribution in [2.45, 2.75) is 84.2 Å². The molecule has 0 fully saturated rings. The lowest BCUT2D eigenvalue weighted by atomic mass is 9.93. The van der Waals surface area contributed by atoms with Crippen LogP contribution in [0, 0.1) is 5.92 Å². The van der Waals surface area contributed by atoms with Gasteiger partial charge in [0, 0.05) is 20.4 Å². The first kappa shape index (κ1) is 17.8. The van der Waals surface area contributed by atoms with E-state index in [-0.39, 0.29) is 5.92 Å². The van der Waals surface area contributed by atoms with Crippen molar-refractivity contribution in [3.05, 3.63) is 0 Å². The SMILES string of the molecule is CC(CCCC(C)(C)O)C(=O)CCC[Si](C)(C)C. The van der Waals surface area contributed by atoms with Crippen LogP contribution in [0.4, 0.5) is 0 Å². The Balaban J connectivity index is 3.77. The highest BCUT2D eigenvalue weighted by atomic mass is 28.3. The number of ketones is 1. The zero-order valence-corrected chi connectivity index (χ0v) is 14.2. The van der Waals surface area contributed by atoms with Crippen molar-refractivity contribution in [3.8, 4) is 0 Å². The van der Waals surface area contributed by atoms with Crippen LogP contribution < -0.4 is 0 Å². The largest absolute Gasteiger partial charge is 0.390 e. The van der Waals surface area contributed by atoms with Gasteiger partial charge < -0.3 is 5.11 Å². The molecule has 0 bridgehead atoms. The van der Waals surface area contributed by atoms with Gasteiger partial charge in [0.25, 0.3) is 0 Å². The summed E-state index contributed by atoms with van der Waals surface area (Å²) in [6.45, 7) is 12.7. The molecule has 0 aliphatic heterocycles. The molecule has 0 aromatic rings. The molecule has 0 aromatic heterocycles. The van der Waals surface area contributed by atoms with E-state index in [1.54, 1.807) is 0 Å². The molecule has 0 heterocycles. The van der Waals surface area contributed by atoms with E-state index in [0.29, 0.717) is 5.78 Å². The van der Waals surface area contributed by atoms with Crippen LogP contribution >= 0.6 is 0 Å².